The van der Waals surface area contributed by atoms with Crippen molar-refractivity contribution in [3.63, 3.8) is 0 Å². The molecule has 7 heteroatoms. The summed E-state index contributed by atoms with van der Waals surface area (Å²) in [6, 6.07) is 4.98. The molecule has 0 saturated carbocycles. The number of alkyl halides is 3. The minimum Gasteiger partial charge on any atom is -0.380 e. The molecule has 0 aromatic heterocycles. The van der Waals surface area contributed by atoms with E-state index in [1.807, 2.05) is 6.92 Å². The van der Waals surface area contributed by atoms with Crippen LogP contribution in [0.4, 0.5) is 18.9 Å². The van der Waals surface area contributed by atoms with Crippen LogP contribution in [0.5, 0.6) is 0 Å². The van der Waals surface area contributed by atoms with Gasteiger partial charge in [-0.2, -0.15) is 18.4 Å². The number of ether oxygens (including phenoxy) is 2. The van der Waals surface area contributed by atoms with Crippen LogP contribution in [0.15, 0.2) is 18.2 Å². The summed E-state index contributed by atoms with van der Waals surface area (Å²) in [5, 5.41) is 11.7. The van der Waals surface area contributed by atoms with Crippen LogP contribution < -0.4 is 5.32 Å². The molecular weight excluding hydrogens is 297 g/mol. The number of benzene rings is 1. The topological polar surface area (TPSA) is 54.3 Å². The van der Waals surface area contributed by atoms with Crippen LogP contribution in [0, 0.1) is 11.3 Å². The predicted octanol–water partition coefficient (Wildman–Crippen LogP) is 3.18. The normalized spacial score (nSPS) is 19.7. The first-order chi connectivity index (χ1) is 10.4. The monoisotopic (exact) mass is 314 g/mol. The average Bonchev–Trinajstić information content (AvgIpc) is 2.97. The van der Waals surface area contributed by atoms with Crippen molar-refractivity contribution in [1.82, 2.24) is 0 Å². The van der Waals surface area contributed by atoms with Crippen LogP contribution in [0.1, 0.15) is 24.5 Å². The summed E-state index contributed by atoms with van der Waals surface area (Å²) >= 11 is 0. The summed E-state index contributed by atoms with van der Waals surface area (Å²) in [6.07, 6.45) is -3.66. The maximum atomic E-state index is 12.9. The fourth-order valence-corrected chi connectivity index (χ4v) is 2.22. The van der Waals surface area contributed by atoms with Gasteiger partial charge in [-0.25, -0.2) is 0 Å². The third-order valence-corrected chi connectivity index (χ3v) is 3.33. The second-order valence-corrected chi connectivity index (χ2v) is 5.23. The van der Waals surface area contributed by atoms with Crippen LogP contribution >= 0.6 is 0 Å². The predicted molar refractivity (Wildman–Crippen MR) is 74.4 cm³/mol. The van der Waals surface area contributed by atoms with Gasteiger partial charge in [-0.15, -0.1) is 0 Å². The molecule has 1 aromatic carbocycles. The highest BCUT2D eigenvalue weighted by molar-refractivity contribution is 5.53. The van der Waals surface area contributed by atoms with Crippen molar-refractivity contribution in [2.45, 2.75) is 31.7 Å². The first-order valence-corrected chi connectivity index (χ1v) is 6.97. The maximum absolute atomic E-state index is 12.9. The lowest BCUT2D eigenvalue weighted by Gasteiger charge is -2.19. The summed E-state index contributed by atoms with van der Waals surface area (Å²) in [5.41, 5.74) is -1.01. The standard InChI is InChI=1S/C15H17F3N2O2/c1-10(8-22-13-4-5-21-9-13)20-12-3-2-11(7-19)14(6-12)15(16,17)18/h2-3,6,10,13,20H,4-5,8-9H2,1H3. The van der Waals surface area contributed by atoms with Crippen LogP contribution in [-0.2, 0) is 15.7 Å². The highest BCUT2D eigenvalue weighted by atomic mass is 19.4. The van der Waals surface area contributed by atoms with E-state index in [9.17, 15) is 13.2 Å². The Bertz CT molecular complexity index is 549. The minimum atomic E-state index is -4.55. The van der Waals surface area contributed by atoms with E-state index in [2.05, 4.69) is 5.32 Å². The van der Waals surface area contributed by atoms with E-state index < -0.39 is 11.7 Å². The highest BCUT2D eigenvalue weighted by Crippen LogP contribution is 2.33. The van der Waals surface area contributed by atoms with Crippen molar-refractivity contribution >= 4 is 5.69 Å². The summed E-state index contributed by atoms with van der Waals surface area (Å²) in [4.78, 5) is 0. The van der Waals surface area contributed by atoms with E-state index in [1.165, 1.54) is 12.1 Å². The lowest BCUT2D eigenvalue weighted by atomic mass is 10.1. The SMILES string of the molecule is CC(COC1CCOC1)Nc1ccc(C#N)c(C(F)(F)F)c1. The fourth-order valence-electron chi connectivity index (χ4n) is 2.22. The molecule has 0 amide bonds. The lowest BCUT2D eigenvalue weighted by molar-refractivity contribution is -0.137. The Morgan fingerprint density at radius 3 is 2.86 bits per heavy atom. The molecule has 1 aliphatic heterocycles. The van der Waals surface area contributed by atoms with Gasteiger partial charge < -0.3 is 14.8 Å². The van der Waals surface area contributed by atoms with Crippen molar-refractivity contribution in [3.05, 3.63) is 29.3 Å². The molecule has 1 heterocycles. The van der Waals surface area contributed by atoms with Gasteiger partial charge in [-0.05, 0) is 31.5 Å². The Hall–Kier alpha value is -1.78. The quantitative estimate of drug-likeness (QED) is 0.907. The van der Waals surface area contributed by atoms with Gasteiger partial charge in [0.1, 0.15) is 0 Å². The number of nitrogens with zero attached hydrogens (tertiary/aromatic N) is 1. The zero-order chi connectivity index (χ0) is 16.2. The van der Waals surface area contributed by atoms with Crippen molar-refractivity contribution in [2.75, 3.05) is 25.1 Å². The number of anilines is 1. The Morgan fingerprint density at radius 1 is 1.50 bits per heavy atom. The van der Waals surface area contributed by atoms with E-state index in [1.54, 1.807) is 6.07 Å². The van der Waals surface area contributed by atoms with Gasteiger partial charge in [0.05, 0.1) is 36.5 Å². The molecule has 4 nitrogen and oxygen atoms in total. The second kappa shape index (κ2) is 6.99. The molecule has 1 saturated heterocycles. The Kier molecular flexibility index (Phi) is 5.27. The van der Waals surface area contributed by atoms with Gasteiger partial charge in [0.15, 0.2) is 0 Å². The number of halogens is 3. The van der Waals surface area contributed by atoms with Crippen molar-refractivity contribution < 1.29 is 22.6 Å². The molecule has 2 atom stereocenters. The van der Waals surface area contributed by atoms with Gasteiger partial charge in [-0.3, -0.25) is 0 Å². The van der Waals surface area contributed by atoms with Gasteiger partial charge >= 0.3 is 6.18 Å². The van der Waals surface area contributed by atoms with Crippen molar-refractivity contribution in [2.24, 2.45) is 0 Å². The van der Waals surface area contributed by atoms with Gasteiger partial charge in [-0.1, -0.05) is 0 Å². The summed E-state index contributed by atoms with van der Waals surface area (Å²) in [5.74, 6) is 0. The molecule has 1 aromatic rings. The molecule has 1 aliphatic rings. The van der Waals surface area contributed by atoms with Crippen molar-refractivity contribution in [3.8, 4) is 6.07 Å². The fraction of sp³-hybridized carbons (Fsp3) is 0.533. The first-order valence-electron chi connectivity index (χ1n) is 6.97. The Balaban J connectivity index is 1.98. The first kappa shape index (κ1) is 16.6. The molecule has 0 spiro atoms. The minimum absolute atomic E-state index is 0.0518. The molecule has 0 radical (unpaired) electrons. The van der Waals surface area contributed by atoms with E-state index in [0.717, 1.165) is 12.5 Å². The second-order valence-electron chi connectivity index (χ2n) is 5.23. The maximum Gasteiger partial charge on any atom is 0.417 e. The average molecular weight is 314 g/mol. The zero-order valence-corrected chi connectivity index (χ0v) is 12.1. The zero-order valence-electron chi connectivity index (χ0n) is 12.1. The molecule has 0 bridgehead atoms. The molecular formula is C15H17F3N2O2. The molecule has 2 unspecified atom stereocenters. The van der Waals surface area contributed by atoms with Crippen molar-refractivity contribution in [1.29, 1.82) is 5.26 Å². The molecule has 0 aliphatic carbocycles. The number of hydrogen-bond acceptors (Lipinski definition) is 4. The summed E-state index contributed by atoms with van der Waals surface area (Å²) in [6.45, 7) is 3.43. The summed E-state index contributed by atoms with van der Waals surface area (Å²) < 4.78 is 49.5. The number of hydrogen-bond donors (Lipinski definition) is 1. The smallest absolute Gasteiger partial charge is 0.380 e. The van der Waals surface area contributed by atoms with E-state index in [-0.39, 0.29) is 17.7 Å². The number of nitrogens with one attached hydrogen (secondary N) is 1. The molecule has 2 rings (SSSR count). The summed E-state index contributed by atoms with van der Waals surface area (Å²) in [7, 11) is 0. The van der Waals surface area contributed by atoms with Gasteiger partial charge in [0.25, 0.3) is 0 Å². The Labute approximate surface area is 126 Å². The molecule has 1 N–H and O–H groups in total. The van der Waals surface area contributed by atoms with E-state index in [0.29, 0.717) is 25.5 Å². The van der Waals surface area contributed by atoms with Crippen LogP contribution in [-0.4, -0.2) is 32.0 Å². The largest absolute Gasteiger partial charge is 0.417 e. The molecule has 120 valence electrons. The number of nitriles is 1. The number of rotatable bonds is 5. The molecule has 1 fully saturated rings. The highest BCUT2D eigenvalue weighted by Gasteiger charge is 2.33. The molecule has 22 heavy (non-hydrogen) atoms. The van der Waals surface area contributed by atoms with Crippen LogP contribution in [0.3, 0.4) is 0 Å². The van der Waals surface area contributed by atoms with Gasteiger partial charge in [0.2, 0.25) is 0 Å². The van der Waals surface area contributed by atoms with Crippen LogP contribution in [0.2, 0.25) is 0 Å². The third-order valence-electron chi connectivity index (χ3n) is 3.33. The lowest BCUT2D eigenvalue weighted by Crippen LogP contribution is -2.26. The van der Waals surface area contributed by atoms with Gasteiger partial charge in [0, 0.05) is 18.3 Å². The third kappa shape index (κ3) is 4.36. The van der Waals surface area contributed by atoms with E-state index >= 15 is 0 Å². The Morgan fingerprint density at radius 2 is 2.27 bits per heavy atom. The van der Waals surface area contributed by atoms with E-state index in [4.69, 9.17) is 14.7 Å². The van der Waals surface area contributed by atoms with Crippen LogP contribution in [0.25, 0.3) is 0 Å².